The molecule has 1 aromatic carbocycles. The highest BCUT2D eigenvalue weighted by atomic mass is 19.1. The zero-order chi connectivity index (χ0) is 14.0. The van der Waals surface area contributed by atoms with E-state index in [-0.39, 0.29) is 0 Å². The standard InChI is InChI=1S/C15H15F2NO/c1-10-5-13(9-19)11(2)18(10)4-3-12-6-14(16)8-15(17)7-12/h5-9H,3-4H2,1-2H3. The van der Waals surface area contributed by atoms with E-state index in [1.807, 2.05) is 24.5 Å². The Morgan fingerprint density at radius 1 is 1.11 bits per heavy atom. The van der Waals surface area contributed by atoms with E-state index < -0.39 is 11.6 Å². The minimum Gasteiger partial charge on any atom is -0.348 e. The molecule has 0 saturated heterocycles. The second kappa shape index (κ2) is 5.34. The van der Waals surface area contributed by atoms with Crippen LogP contribution in [-0.2, 0) is 13.0 Å². The Kier molecular flexibility index (Phi) is 3.79. The lowest BCUT2D eigenvalue weighted by atomic mass is 10.1. The third-order valence-electron chi connectivity index (χ3n) is 3.29. The molecule has 0 aliphatic heterocycles. The van der Waals surface area contributed by atoms with Crippen LogP contribution in [0.2, 0.25) is 0 Å². The molecule has 0 amide bonds. The third-order valence-corrected chi connectivity index (χ3v) is 3.29. The fourth-order valence-electron chi connectivity index (χ4n) is 2.29. The van der Waals surface area contributed by atoms with Gasteiger partial charge in [-0.05, 0) is 44.0 Å². The minimum atomic E-state index is -0.565. The molecule has 0 aliphatic carbocycles. The molecule has 2 aromatic rings. The largest absolute Gasteiger partial charge is 0.348 e. The lowest BCUT2D eigenvalue weighted by molar-refractivity contribution is 0.112. The first-order chi connectivity index (χ1) is 9.01. The Bertz CT molecular complexity index is 597. The van der Waals surface area contributed by atoms with Gasteiger partial charge in [0.2, 0.25) is 0 Å². The fourth-order valence-corrected chi connectivity index (χ4v) is 2.29. The van der Waals surface area contributed by atoms with Crippen molar-refractivity contribution >= 4 is 6.29 Å². The summed E-state index contributed by atoms with van der Waals surface area (Å²) in [5, 5.41) is 0. The van der Waals surface area contributed by atoms with E-state index in [2.05, 4.69) is 0 Å². The van der Waals surface area contributed by atoms with Crippen molar-refractivity contribution in [1.29, 1.82) is 0 Å². The maximum Gasteiger partial charge on any atom is 0.151 e. The van der Waals surface area contributed by atoms with E-state index in [0.717, 1.165) is 23.7 Å². The number of aryl methyl sites for hydroxylation is 2. The fraction of sp³-hybridized carbons (Fsp3) is 0.267. The van der Waals surface area contributed by atoms with Crippen molar-refractivity contribution in [3.63, 3.8) is 0 Å². The summed E-state index contributed by atoms with van der Waals surface area (Å²) in [6.45, 7) is 4.36. The highest BCUT2D eigenvalue weighted by Crippen LogP contribution is 2.15. The van der Waals surface area contributed by atoms with Gasteiger partial charge in [-0.1, -0.05) is 0 Å². The molecule has 0 bridgehead atoms. The van der Waals surface area contributed by atoms with Crippen LogP contribution in [0.1, 0.15) is 27.3 Å². The predicted molar refractivity (Wildman–Crippen MR) is 69.4 cm³/mol. The Balaban J connectivity index is 2.18. The molecule has 1 heterocycles. The van der Waals surface area contributed by atoms with Gasteiger partial charge in [0.15, 0.2) is 6.29 Å². The average molecular weight is 263 g/mol. The average Bonchev–Trinajstić information content (AvgIpc) is 2.61. The molecule has 0 saturated carbocycles. The van der Waals surface area contributed by atoms with Crippen LogP contribution in [0, 0.1) is 25.5 Å². The summed E-state index contributed by atoms with van der Waals surface area (Å²) in [6.07, 6.45) is 1.34. The molecule has 0 radical (unpaired) electrons. The van der Waals surface area contributed by atoms with Gasteiger partial charge in [-0.3, -0.25) is 4.79 Å². The molecule has 4 heteroatoms. The van der Waals surface area contributed by atoms with E-state index in [4.69, 9.17) is 0 Å². The molecule has 100 valence electrons. The minimum absolute atomic E-state index is 0.517. The van der Waals surface area contributed by atoms with E-state index in [0.29, 0.717) is 24.1 Å². The second-order valence-electron chi connectivity index (χ2n) is 4.62. The van der Waals surface area contributed by atoms with E-state index in [1.165, 1.54) is 12.1 Å². The number of hydrogen-bond donors (Lipinski definition) is 0. The molecular formula is C15H15F2NO. The van der Waals surface area contributed by atoms with Crippen LogP contribution in [0.3, 0.4) is 0 Å². The van der Waals surface area contributed by atoms with Crippen molar-refractivity contribution in [2.24, 2.45) is 0 Å². The first-order valence-corrected chi connectivity index (χ1v) is 6.08. The highest BCUT2D eigenvalue weighted by Gasteiger charge is 2.08. The van der Waals surface area contributed by atoms with Crippen LogP contribution in [0.4, 0.5) is 8.78 Å². The van der Waals surface area contributed by atoms with Crippen LogP contribution in [0.25, 0.3) is 0 Å². The Morgan fingerprint density at radius 2 is 1.74 bits per heavy atom. The third kappa shape index (κ3) is 2.89. The van der Waals surface area contributed by atoms with Crippen LogP contribution >= 0.6 is 0 Å². The number of hydrogen-bond acceptors (Lipinski definition) is 1. The van der Waals surface area contributed by atoms with Crippen molar-refractivity contribution in [2.75, 3.05) is 0 Å². The summed E-state index contributed by atoms with van der Waals surface area (Å²) in [5.41, 5.74) is 3.11. The van der Waals surface area contributed by atoms with Crippen molar-refractivity contribution in [3.05, 3.63) is 58.4 Å². The smallest absolute Gasteiger partial charge is 0.151 e. The van der Waals surface area contributed by atoms with Crippen LogP contribution < -0.4 is 0 Å². The zero-order valence-corrected chi connectivity index (χ0v) is 10.9. The van der Waals surface area contributed by atoms with Crippen LogP contribution in [0.15, 0.2) is 24.3 Å². The SMILES string of the molecule is Cc1cc(C=O)c(C)n1CCc1cc(F)cc(F)c1. The van der Waals surface area contributed by atoms with Crippen LogP contribution in [0.5, 0.6) is 0 Å². The quantitative estimate of drug-likeness (QED) is 0.774. The second-order valence-corrected chi connectivity index (χ2v) is 4.62. The molecule has 0 unspecified atom stereocenters. The Hall–Kier alpha value is -1.97. The summed E-state index contributed by atoms with van der Waals surface area (Å²) in [6, 6.07) is 5.34. The molecule has 0 spiro atoms. The van der Waals surface area contributed by atoms with E-state index in [1.54, 1.807) is 0 Å². The number of carbonyl (C=O) groups excluding carboxylic acids is 1. The summed E-state index contributed by atoms with van der Waals surface area (Å²) < 4.78 is 28.1. The number of aromatic nitrogens is 1. The summed E-state index contributed by atoms with van der Waals surface area (Å²) >= 11 is 0. The van der Waals surface area contributed by atoms with Gasteiger partial charge in [0.05, 0.1) is 0 Å². The van der Waals surface area contributed by atoms with Crippen molar-refractivity contribution in [3.8, 4) is 0 Å². The van der Waals surface area contributed by atoms with Gasteiger partial charge >= 0.3 is 0 Å². The molecule has 0 N–H and O–H groups in total. The maximum absolute atomic E-state index is 13.1. The summed E-state index contributed by atoms with van der Waals surface area (Å²) in [4.78, 5) is 10.8. The lowest BCUT2D eigenvalue weighted by Crippen LogP contribution is -2.06. The summed E-state index contributed by atoms with van der Waals surface area (Å²) in [5.74, 6) is -1.13. The number of aldehydes is 1. The van der Waals surface area contributed by atoms with Gasteiger partial charge in [-0.25, -0.2) is 8.78 Å². The highest BCUT2D eigenvalue weighted by molar-refractivity contribution is 5.77. The molecule has 2 nitrogen and oxygen atoms in total. The molecule has 1 aromatic heterocycles. The Morgan fingerprint density at radius 3 is 2.26 bits per heavy atom. The number of carbonyl (C=O) groups is 1. The molecule has 0 atom stereocenters. The molecule has 0 fully saturated rings. The maximum atomic E-state index is 13.1. The van der Waals surface area contributed by atoms with Crippen molar-refractivity contribution < 1.29 is 13.6 Å². The topological polar surface area (TPSA) is 22.0 Å². The van der Waals surface area contributed by atoms with Gasteiger partial charge in [-0.15, -0.1) is 0 Å². The monoisotopic (exact) mass is 263 g/mol. The Labute approximate surface area is 110 Å². The number of halogens is 2. The number of rotatable bonds is 4. The van der Waals surface area contributed by atoms with Gasteiger partial charge < -0.3 is 4.57 Å². The van der Waals surface area contributed by atoms with Gasteiger partial charge in [0.25, 0.3) is 0 Å². The lowest BCUT2D eigenvalue weighted by Gasteiger charge is -2.09. The van der Waals surface area contributed by atoms with Crippen molar-refractivity contribution in [1.82, 2.24) is 4.57 Å². The van der Waals surface area contributed by atoms with Crippen LogP contribution in [-0.4, -0.2) is 10.9 Å². The first kappa shape index (κ1) is 13.5. The van der Waals surface area contributed by atoms with Gasteiger partial charge in [0.1, 0.15) is 11.6 Å². The summed E-state index contributed by atoms with van der Waals surface area (Å²) in [7, 11) is 0. The predicted octanol–water partition coefficient (Wildman–Crippen LogP) is 3.44. The van der Waals surface area contributed by atoms with Gasteiger partial charge in [-0.2, -0.15) is 0 Å². The van der Waals surface area contributed by atoms with Crippen molar-refractivity contribution in [2.45, 2.75) is 26.8 Å². The molecule has 19 heavy (non-hydrogen) atoms. The molecule has 0 aliphatic rings. The first-order valence-electron chi connectivity index (χ1n) is 6.08. The normalized spacial score (nSPS) is 10.7. The zero-order valence-electron chi connectivity index (χ0n) is 10.9. The number of nitrogens with zero attached hydrogens (tertiary/aromatic N) is 1. The molecular weight excluding hydrogens is 248 g/mol. The number of benzene rings is 1. The van der Waals surface area contributed by atoms with E-state index in [9.17, 15) is 13.6 Å². The molecule has 2 rings (SSSR count). The van der Waals surface area contributed by atoms with Gasteiger partial charge in [0, 0.05) is 29.6 Å². The van der Waals surface area contributed by atoms with E-state index >= 15 is 0 Å².